The molecule has 1 heterocycles. The summed E-state index contributed by atoms with van der Waals surface area (Å²) < 4.78 is 5.13. The van der Waals surface area contributed by atoms with Gasteiger partial charge in [0.05, 0.1) is 12.1 Å². The number of phenolic OH excluding ortho intramolecular Hbond substituents is 1. The van der Waals surface area contributed by atoms with Crippen LogP contribution in [-0.4, -0.2) is 30.2 Å². The Morgan fingerprint density at radius 1 is 1.22 bits per heavy atom. The molecular formula is C14H20ClNO2. The smallest absolute Gasteiger partial charge is 0.176 e. The molecule has 1 aliphatic rings. The van der Waals surface area contributed by atoms with Gasteiger partial charge in [-0.3, -0.25) is 4.90 Å². The van der Waals surface area contributed by atoms with E-state index in [0.29, 0.717) is 10.8 Å². The number of hydrogen-bond donors (Lipinski definition) is 1. The molecule has 0 aliphatic carbocycles. The summed E-state index contributed by atoms with van der Waals surface area (Å²) >= 11 is 6.00. The van der Waals surface area contributed by atoms with Crippen molar-refractivity contribution in [2.24, 2.45) is 0 Å². The van der Waals surface area contributed by atoms with E-state index in [2.05, 4.69) is 4.90 Å². The van der Waals surface area contributed by atoms with Crippen LogP contribution in [0, 0.1) is 0 Å². The molecule has 1 N–H and O–H groups in total. The highest BCUT2D eigenvalue weighted by Gasteiger charge is 2.13. The van der Waals surface area contributed by atoms with Crippen molar-refractivity contribution in [3.8, 4) is 11.5 Å². The number of methoxy groups -OCH3 is 1. The first-order valence-electron chi connectivity index (χ1n) is 6.48. The van der Waals surface area contributed by atoms with Crippen molar-refractivity contribution in [3.05, 3.63) is 22.7 Å². The van der Waals surface area contributed by atoms with Gasteiger partial charge in [0.1, 0.15) is 0 Å². The van der Waals surface area contributed by atoms with Crippen LogP contribution in [0.1, 0.15) is 31.2 Å². The van der Waals surface area contributed by atoms with Crippen LogP contribution in [0.5, 0.6) is 11.5 Å². The summed E-state index contributed by atoms with van der Waals surface area (Å²) in [4.78, 5) is 2.44. The first-order valence-corrected chi connectivity index (χ1v) is 6.86. The minimum atomic E-state index is 0.0267. The van der Waals surface area contributed by atoms with Crippen molar-refractivity contribution in [2.75, 3.05) is 20.2 Å². The van der Waals surface area contributed by atoms with Crippen LogP contribution in [0.3, 0.4) is 0 Å². The molecule has 0 bridgehead atoms. The van der Waals surface area contributed by atoms with Gasteiger partial charge < -0.3 is 9.84 Å². The molecule has 1 fully saturated rings. The minimum absolute atomic E-state index is 0.0267. The topological polar surface area (TPSA) is 32.7 Å². The lowest BCUT2D eigenvalue weighted by Gasteiger charge is -2.20. The third-order valence-corrected chi connectivity index (χ3v) is 3.70. The summed E-state index contributed by atoms with van der Waals surface area (Å²) in [5.41, 5.74) is 1.09. The molecule has 0 radical (unpaired) electrons. The molecule has 100 valence electrons. The molecule has 0 spiro atoms. The number of ether oxygens (including phenoxy) is 1. The second-order valence-electron chi connectivity index (χ2n) is 4.82. The average Bonchev–Trinajstić information content (AvgIpc) is 2.62. The molecule has 0 amide bonds. The van der Waals surface area contributed by atoms with E-state index < -0.39 is 0 Å². The molecular weight excluding hydrogens is 250 g/mol. The van der Waals surface area contributed by atoms with Gasteiger partial charge in [0.2, 0.25) is 0 Å². The van der Waals surface area contributed by atoms with Crippen LogP contribution in [0.15, 0.2) is 12.1 Å². The highest BCUT2D eigenvalue weighted by Crippen LogP contribution is 2.35. The van der Waals surface area contributed by atoms with Crippen LogP contribution in [0.4, 0.5) is 0 Å². The van der Waals surface area contributed by atoms with Crippen molar-refractivity contribution in [1.29, 1.82) is 0 Å². The van der Waals surface area contributed by atoms with Crippen molar-refractivity contribution in [2.45, 2.75) is 32.2 Å². The second-order valence-corrected chi connectivity index (χ2v) is 5.23. The molecule has 18 heavy (non-hydrogen) atoms. The summed E-state index contributed by atoms with van der Waals surface area (Å²) in [6.07, 6.45) is 5.19. The Hall–Kier alpha value is -0.930. The van der Waals surface area contributed by atoms with Crippen molar-refractivity contribution < 1.29 is 9.84 Å². The number of aromatic hydroxyl groups is 1. The Balaban J connectivity index is 2.10. The van der Waals surface area contributed by atoms with Crippen LogP contribution in [0.2, 0.25) is 5.02 Å². The van der Waals surface area contributed by atoms with Crippen LogP contribution in [-0.2, 0) is 6.54 Å². The largest absolute Gasteiger partial charge is 0.503 e. The van der Waals surface area contributed by atoms with Gasteiger partial charge in [-0.15, -0.1) is 0 Å². The molecule has 4 heteroatoms. The molecule has 0 aromatic heterocycles. The van der Waals surface area contributed by atoms with E-state index in [1.54, 1.807) is 7.11 Å². The SMILES string of the molecule is COc1cc(CN2CCCCCC2)cc(Cl)c1O. The number of phenols is 1. The lowest BCUT2D eigenvalue weighted by Crippen LogP contribution is -2.23. The molecule has 1 saturated heterocycles. The lowest BCUT2D eigenvalue weighted by molar-refractivity contribution is 0.276. The number of nitrogens with zero attached hydrogens (tertiary/aromatic N) is 1. The quantitative estimate of drug-likeness (QED) is 0.913. The van der Waals surface area contributed by atoms with Crippen LogP contribution >= 0.6 is 11.6 Å². The summed E-state index contributed by atoms with van der Waals surface area (Å²) in [6, 6.07) is 3.69. The first-order chi connectivity index (χ1) is 8.70. The van der Waals surface area contributed by atoms with E-state index >= 15 is 0 Å². The summed E-state index contributed by atoms with van der Waals surface area (Å²) in [5.74, 6) is 0.478. The van der Waals surface area contributed by atoms with Crippen molar-refractivity contribution in [3.63, 3.8) is 0 Å². The molecule has 0 atom stereocenters. The van der Waals surface area contributed by atoms with Crippen LogP contribution in [0.25, 0.3) is 0 Å². The van der Waals surface area contributed by atoms with E-state index in [0.717, 1.165) is 25.2 Å². The zero-order chi connectivity index (χ0) is 13.0. The van der Waals surface area contributed by atoms with E-state index in [-0.39, 0.29) is 5.75 Å². The minimum Gasteiger partial charge on any atom is -0.503 e. The average molecular weight is 270 g/mol. The van der Waals surface area contributed by atoms with E-state index in [1.807, 2.05) is 12.1 Å². The number of hydrogen-bond acceptors (Lipinski definition) is 3. The summed E-state index contributed by atoms with van der Waals surface area (Å²) in [6.45, 7) is 3.15. The molecule has 1 aliphatic heterocycles. The van der Waals surface area contributed by atoms with Gasteiger partial charge in [-0.25, -0.2) is 0 Å². The normalized spacial score (nSPS) is 17.4. The van der Waals surface area contributed by atoms with E-state index in [1.165, 1.54) is 25.7 Å². The van der Waals surface area contributed by atoms with Gasteiger partial charge in [-0.1, -0.05) is 24.4 Å². The number of benzene rings is 1. The fourth-order valence-corrected chi connectivity index (χ4v) is 2.66. The predicted octanol–water partition coefficient (Wildman–Crippen LogP) is 3.43. The van der Waals surface area contributed by atoms with Gasteiger partial charge in [0, 0.05) is 6.54 Å². The summed E-state index contributed by atoms with van der Waals surface area (Å²) in [5, 5.41) is 10.1. The number of halogens is 1. The monoisotopic (exact) mass is 269 g/mol. The van der Waals surface area contributed by atoms with Crippen molar-refractivity contribution in [1.82, 2.24) is 4.90 Å². The second kappa shape index (κ2) is 6.30. The molecule has 1 aromatic rings. The Morgan fingerprint density at radius 3 is 2.50 bits per heavy atom. The molecule has 2 rings (SSSR count). The van der Waals surface area contributed by atoms with E-state index in [4.69, 9.17) is 16.3 Å². The Kier molecular flexibility index (Phi) is 4.72. The highest BCUT2D eigenvalue weighted by atomic mass is 35.5. The van der Waals surface area contributed by atoms with Crippen LogP contribution < -0.4 is 4.74 Å². The zero-order valence-electron chi connectivity index (χ0n) is 10.8. The number of likely N-dealkylation sites (tertiary alicyclic amines) is 1. The molecule has 0 saturated carbocycles. The third kappa shape index (κ3) is 3.30. The molecule has 3 nitrogen and oxygen atoms in total. The Bertz CT molecular complexity index is 401. The standard InChI is InChI=1S/C14H20ClNO2/c1-18-13-9-11(8-12(15)14(13)17)10-16-6-4-2-3-5-7-16/h8-9,17H,2-7,10H2,1H3. The van der Waals surface area contributed by atoms with Gasteiger partial charge in [0.15, 0.2) is 11.5 Å². The maximum Gasteiger partial charge on any atom is 0.176 e. The zero-order valence-corrected chi connectivity index (χ0v) is 11.5. The van der Waals surface area contributed by atoms with Gasteiger partial charge >= 0.3 is 0 Å². The van der Waals surface area contributed by atoms with Gasteiger partial charge in [-0.2, -0.15) is 0 Å². The third-order valence-electron chi connectivity index (χ3n) is 3.41. The van der Waals surface area contributed by atoms with Gasteiger partial charge in [0.25, 0.3) is 0 Å². The molecule has 0 unspecified atom stereocenters. The van der Waals surface area contributed by atoms with Gasteiger partial charge in [-0.05, 0) is 43.6 Å². The van der Waals surface area contributed by atoms with Crippen molar-refractivity contribution >= 4 is 11.6 Å². The first kappa shape index (κ1) is 13.5. The number of rotatable bonds is 3. The highest BCUT2D eigenvalue weighted by molar-refractivity contribution is 6.32. The van der Waals surface area contributed by atoms with E-state index in [9.17, 15) is 5.11 Å². The summed E-state index contributed by atoms with van der Waals surface area (Å²) in [7, 11) is 1.54. The molecule has 1 aromatic carbocycles. The lowest BCUT2D eigenvalue weighted by atomic mass is 10.2. The fraction of sp³-hybridized carbons (Fsp3) is 0.571. The maximum absolute atomic E-state index is 9.70. The predicted molar refractivity (Wildman–Crippen MR) is 73.4 cm³/mol. The Labute approximate surface area is 113 Å². The maximum atomic E-state index is 9.70. The fourth-order valence-electron chi connectivity index (χ4n) is 2.43. The Morgan fingerprint density at radius 2 is 1.89 bits per heavy atom.